The van der Waals surface area contributed by atoms with Crippen molar-refractivity contribution < 1.29 is 26.3 Å². The molecule has 8 rings (SSSR count). The number of benzene rings is 6. The summed E-state index contributed by atoms with van der Waals surface area (Å²) in [6.07, 6.45) is -10.1. The molecule has 50 heavy (non-hydrogen) atoms. The Morgan fingerprint density at radius 2 is 0.840 bits per heavy atom. The van der Waals surface area contributed by atoms with Gasteiger partial charge in [-0.05, 0) is 41.5 Å². The van der Waals surface area contributed by atoms with Crippen molar-refractivity contribution in [1.29, 1.82) is 0 Å². The lowest BCUT2D eigenvalue weighted by Crippen LogP contribution is -2.11. The molecule has 0 aliphatic carbocycles. The first kappa shape index (κ1) is 31.2. The lowest BCUT2D eigenvalue weighted by molar-refractivity contribution is -0.143. The van der Waals surface area contributed by atoms with E-state index in [1.54, 1.807) is 30.3 Å². The maximum Gasteiger partial charge on any atom is 0.416 e. The highest BCUT2D eigenvalue weighted by molar-refractivity contribution is 6.25. The van der Waals surface area contributed by atoms with E-state index in [1.807, 2.05) is 84.9 Å². The standard InChI is InChI=1S/C41H23F6N3/c42-40(43,44)28-20-27(21-29(22-28)41(45,46)47)31-23-33-39(50-38(26-16-8-3-9-17-26)37(49-33)25-14-6-2-7-15-25)34-30-18-10-11-19-32(30)48-36(35(31)34)24-12-4-1-5-13-24/h1-23H. The molecule has 3 nitrogen and oxygen atoms in total. The Labute approximate surface area is 281 Å². The van der Waals surface area contributed by atoms with E-state index in [2.05, 4.69) is 0 Å². The molecule has 0 spiro atoms. The number of para-hydroxylation sites is 1. The van der Waals surface area contributed by atoms with E-state index in [0.717, 1.165) is 23.3 Å². The molecular weight excluding hydrogens is 648 g/mol. The zero-order chi connectivity index (χ0) is 34.6. The van der Waals surface area contributed by atoms with E-state index >= 15 is 0 Å². The van der Waals surface area contributed by atoms with Gasteiger partial charge in [-0.2, -0.15) is 26.3 Å². The second-order valence-electron chi connectivity index (χ2n) is 11.8. The average molecular weight is 672 g/mol. The van der Waals surface area contributed by atoms with Crippen molar-refractivity contribution in [2.45, 2.75) is 12.4 Å². The van der Waals surface area contributed by atoms with Crippen LogP contribution in [0.25, 0.3) is 77.6 Å². The van der Waals surface area contributed by atoms with Crippen molar-refractivity contribution in [2.75, 3.05) is 0 Å². The van der Waals surface area contributed by atoms with Gasteiger partial charge in [0, 0.05) is 32.8 Å². The van der Waals surface area contributed by atoms with E-state index in [9.17, 15) is 26.3 Å². The molecule has 0 N–H and O–H groups in total. The van der Waals surface area contributed by atoms with Gasteiger partial charge in [0.05, 0.1) is 44.8 Å². The first-order chi connectivity index (χ1) is 24.1. The molecule has 9 heteroatoms. The minimum atomic E-state index is -5.04. The second-order valence-corrected chi connectivity index (χ2v) is 11.8. The third kappa shape index (κ3) is 5.50. The molecule has 0 unspecified atom stereocenters. The number of hydrogen-bond acceptors (Lipinski definition) is 3. The normalized spacial score (nSPS) is 12.2. The van der Waals surface area contributed by atoms with Gasteiger partial charge in [0.15, 0.2) is 0 Å². The van der Waals surface area contributed by atoms with E-state index in [0.29, 0.717) is 55.4 Å². The largest absolute Gasteiger partial charge is 0.416 e. The van der Waals surface area contributed by atoms with Crippen LogP contribution in [0.5, 0.6) is 0 Å². The van der Waals surface area contributed by atoms with Crippen LogP contribution in [-0.4, -0.2) is 15.0 Å². The molecular formula is C41H23F6N3. The van der Waals surface area contributed by atoms with Crippen LogP contribution in [0.1, 0.15) is 11.1 Å². The number of halogens is 6. The van der Waals surface area contributed by atoms with Gasteiger partial charge in [0.25, 0.3) is 0 Å². The minimum absolute atomic E-state index is 0.113. The molecule has 6 aromatic carbocycles. The molecule has 0 amide bonds. The van der Waals surface area contributed by atoms with Gasteiger partial charge in [-0.3, -0.25) is 0 Å². The molecule has 8 aromatic rings. The van der Waals surface area contributed by atoms with Crippen molar-refractivity contribution in [3.05, 3.63) is 151 Å². The number of alkyl halides is 6. The van der Waals surface area contributed by atoms with Crippen molar-refractivity contribution >= 4 is 32.7 Å². The van der Waals surface area contributed by atoms with E-state index < -0.39 is 23.5 Å². The summed E-state index contributed by atoms with van der Waals surface area (Å²) in [6.45, 7) is 0. The summed E-state index contributed by atoms with van der Waals surface area (Å²) in [5.74, 6) is 0. The predicted octanol–water partition coefficient (Wildman–Crippen LogP) is 12.0. The first-order valence-electron chi connectivity index (χ1n) is 15.6. The predicted molar refractivity (Wildman–Crippen MR) is 184 cm³/mol. The molecule has 0 bridgehead atoms. The first-order valence-corrected chi connectivity index (χ1v) is 15.6. The SMILES string of the molecule is FC(F)(F)c1cc(-c2cc3nc(-c4ccccc4)c(-c4ccccc4)nc3c3c2c(-c2ccccc2)nc2ccccc23)cc(C(F)(F)F)c1. The number of aromatic nitrogens is 3. The fourth-order valence-electron chi connectivity index (χ4n) is 6.40. The fourth-order valence-corrected chi connectivity index (χ4v) is 6.40. The number of hydrogen-bond donors (Lipinski definition) is 0. The minimum Gasteiger partial charge on any atom is -0.247 e. The smallest absolute Gasteiger partial charge is 0.247 e. The summed E-state index contributed by atoms with van der Waals surface area (Å²) in [7, 11) is 0. The highest BCUT2D eigenvalue weighted by atomic mass is 19.4. The van der Waals surface area contributed by atoms with Gasteiger partial charge < -0.3 is 0 Å². The van der Waals surface area contributed by atoms with Gasteiger partial charge in [0.2, 0.25) is 0 Å². The monoisotopic (exact) mass is 671 g/mol. The van der Waals surface area contributed by atoms with Crippen molar-refractivity contribution in [3.8, 4) is 44.9 Å². The quantitative estimate of drug-likeness (QED) is 0.138. The van der Waals surface area contributed by atoms with Crippen molar-refractivity contribution in [1.82, 2.24) is 15.0 Å². The van der Waals surface area contributed by atoms with E-state index in [1.165, 1.54) is 6.07 Å². The van der Waals surface area contributed by atoms with Crippen LogP contribution in [0.15, 0.2) is 140 Å². The maximum absolute atomic E-state index is 14.2. The maximum atomic E-state index is 14.2. The van der Waals surface area contributed by atoms with Crippen LogP contribution in [0.4, 0.5) is 26.3 Å². The number of rotatable bonds is 4. The van der Waals surface area contributed by atoms with Crippen LogP contribution in [0.3, 0.4) is 0 Å². The van der Waals surface area contributed by atoms with E-state index in [-0.39, 0.29) is 17.2 Å². The van der Waals surface area contributed by atoms with Gasteiger partial charge >= 0.3 is 12.4 Å². The summed E-state index contributed by atoms with van der Waals surface area (Å²) in [4.78, 5) is 15.3. The third-order valence-corrected chi connectivity index (χ3v) is 8.64. The Bertz CT molecular complexity index is 2520. The van der Waals surface area contributed by atoms with E-state index in [4.69, 9.17) is 15.0 Å². The molecule has 0 saturated heterocycles. The van der Waals surface area contributed by atoms with Crippen molar-refractivity contribution in [2.24, 2.45) is 0 Å². The Morgan fingerprint density at radius 3 is 1.38 bits per heavy atom. The number of fused-ring (bicyclic) bond motifs is 5. The Hall–Kier alpha value is -6.09. The second kappa shape index (κ2) is 11.8. The number of nitrogens with zero attached hydrogens (tertiary/aromatic N) is 3. The van der Waals surface area contributed by atoms with Gasteiger partial charge in [-0.15, -0.1) is 0 Å². The highest BCUT2D eigenvalue weighted by Crippen LogP contribution is 2.46. The molecule has 2 heterocycles. The zero-order valence-electron chi connectivity index (χ0n) is 25.9. The summed E-state index contributed by atoms with van der Waals surface area (Å²) >= 11 is 0. The van der Waals surface area contributed by atoms with Crippen LogP contribution < -0.4 is 0 Å². The number of pyridine rings is 1. The molecule has 0 saturated carbocycles. The summed E-state index contributed by atoms with van der Waals surface area (Å²) in [6, 6.07) is 38.3. The summed E-state index contributed by atoms with van der Waals surface area (Å²) < 4.78 is 85.3. The fraction of sp³-hybridized carbons (Fsp3) is 0.0488. The molecule has 0 fully saturated rings. The van der Waals surface area contributed by atoms with Crippen LogP contribution in [0, 0.1) is 0 Å². The molecule has 244 valence electrons. The Kier molecular flexibility index (Phi) is 7.36. The molecule has 0 aliphatic rings. The van der Waals surface area contributed by atoms with Crippen LogP contribution >= 0.6 is 0 Å². The van der Waals surface area contributed by atoms with Crippen molar-refractivity contribution in [3.63, 3.8) is 0 Å². The van der Waals surface area contributed by atoms with Gasteiger partial charge in [-0.25, -0.2) is 15.0 Å². The topological polar surface area (TPSA) is 38.7 Å². The lowest BCUT2D eigenvalue weighted by atomic mass is 9.89. The summed E-state index contributed by atoms with van der Waals surface area (Å²) in [5.41, 5.74) is 1.93. The van der Waals surface area contributed by atoms with Gasteiger partial charge in [0.1, 0.15) is 0 Å². The molecule has 2 aromatic heterocycles. The summed E-state index contributed by atoms with van der Waals surface area (Å²) in [5, 5.41) is 1.49. The Balaban J connectivity index is 1.61. The van der Waals surface area contributed by atoms with Crippen LogP contribution in [-0.2, 0) is 12.4 Å². The molecule has 0 radical (unpaired) electrons. The zero-order valence-corrected chi connectivity index (χ0v) is 25.9. The lowest BCUT2D eigenvalue weighted by Gasteiger charge is -2.20. The van der Waals surface area contributed by atoms with Gasteiger partial charge in [-0.1, -0.05) is 109 Å². The molecule has 0 atom stereocenters. The van der Waals surface area contributed by atoms with Crippen LogP contribution in [0.2, 0.25) is 0 Å². The highest BCUT2D eigenvalue weighted by Gasteiger charge is 2.37. The Morgan fingerprint density at radius 1 is 0.380 bits per heavy atom. The molecule has 0 aliphatic heterocycles. The average Bonchev–Trinajstić information content (AvgIpc) is 3.13. The third-order valence-electron chi connectivity index (χ3n) is 8.64.